The summed E-state index contributed by atoms with van der Waals surface area (Å²) in [4.78, 5) is 5.03. The Labute approximate surface area is 54.4 Å². The van der Waals surface area contributed by atoms with Gasteiger partial charge >= 0.3 is 0 Å². The van der Waals surface area contributed by atoms with Crippen molar-refractivity contribution in [3.63, 3.8) is 0 Å². The summed E-state index contributed by atoms with van der Waals surface area (Å²) in [7, 11) is 0. The third-order valence-electron chi connectivity index (χ3n) is 1.15. The van der Waals surface area contributed by atoms with Gasteiger partial charge in [-0.05, 0) is 6.42 Å². The van der Waals surface area contributed by atoms with Crippen molar-refractivity contribution in [2.45, 2.75) is 19.4 Å². The molecule has 3 radical (unpaired) electrons. The van der Waals surface area contributed by atoms with E-state index in [9.17, 15) is 4.39 Å². The van der Waals surface area contributed by atoms with Crippen molar-refractivity contribution < 1.29 is 4.39 Å². The number of hydrogen-bond donors (Lipinski definition) is 0. The maximum absolute atomic E-state index is 11.7. The average Bonchev–Trinajstić information content (AvgIpc) is 2.34. The van der Waals surface area contributed by atoms with Crippen LogP contribution in [0.3, 0.4) is 0 Å². The molecule has 0 N–H and O–H groups in total. The van der Waals surface area contributed by atoms with Crippen LogP contribution in [0.25, 0.3) is 0 Å². The predicted octanol–water partition coefficient (Wildman–Crippen LogP) is 0.952. The molecule has 1 heterocycles. The Bertz CT molecular complexity index is 102. The monoisotopic (exact) mass is 127 g/mol. The first kappa shape index (κ1) is 6.52. The van der Waals surface area contributed by atoms with Crippen molar-refractivity contribution in [1.82, 2.24) is 4.90 Å². The lowest BCUT2D eigenvalue weighted by molar-refractivity contribution is 0.327. The highest BCUT2D eigenvalue weighted by Crippen LogP contribution is 2.10. The molecule has 0 aliphatic carbocycles. The molecule has 1 aliphatic heterocycles. The first-order valence-corrected chi connectivity index (χ1v) is 2.92. The summed E-state index contributed by atoms with van der Waals surface area (Å²) < 4.78 is 11.7. The van der Waals surface area contributed by atoms with Crippen LogP contribution in [0.1, 0.15) is 13.3 Å². The van der Waals surface area contributed by atoms with Gasteiger partial charge in [0.25, 0.3) is 0 Å². The number of alkyl halides is 1. The van der Waals surface area contributed by atoms with Crippen molar-refractivity contribution in [3.8, 4) is 0 Å². The lowest BCUT2D eigenvalue weighted by atomic mass is 10.2. The molecule has 1 rings (SSSR count). The number of halogens is 1. The number of aliphatic imine (C=N–C) groups is 1. The fourth-order valence-electron chi connectivity index (χ4n) is 0.621. The van der Waals surface area contributed by atoms with E-state index in [1.54, 1.807) is 0 Å². The van der Waals surface area contributed by atoms with E-state index in [1.165, 1.54) is 4.90 Å². The molecule has 49 valence electrons. The van der Waals surface area contributed by atoms with Crippen LogP contribution in [0.15, 0.2) is 4.99 Å². The Hall–Kier alpha value is -0.600. The zero-order valence-corrected chi connectivity index (χ0v) is 5.26. The first-order valence-electron chi connectivity index (χ1n) is 2.92. The van der Waals surface area contributed by atoms with Crippen LogP contribution in [-0.2, 0) is 0 Å². The molecule has 0 bridgehead atoms. The molecule has 3 heteroatoms. The van der Waals surface area contributed by atoms with Gasteiger partial charge in [0.05, 0.1) is 6.04 Å². The Morgan fingerprint density at radius 3 is 2.89 bits per heavy atom. The molecule has 0 aromatic heterocycles. The van der Waals surface area contributed by atoms with Crippen molar-refractivity contribution in [2.75, 3.05) is 6.80 Å². The van der Waals surface area contributed by atoms with E-state index in [2.05, 4.69) is 17.9 Å². The van der Waals surface area contributed by atoms with Crippen molar-refractivity contribution in [3.05, 3.63) is 6.54 Å². The van der Waals surface area contributed by atoms with E-state index >= 15 is 0 Å². The van der Waals surface area contributed by atoms with E-state index in [0.29, 0.717) is 0 Å². The van der Waals surface area contributed by atoms with Gasteiger partial charge in [-0.15, -0.1) is 0 Å². The van der Waals surface area contributed by atoms with Crippen molar-refractivity contribution in [1.29, 1.82) is 0 Å². The molecule has 0 saturated carbocycles. The largest absolute Gasteiger partial charge is 0.313 e. The van der Waals surface area contributed by atoms with Gasteiger partial charge < -0.3 is 4.90 Å². The molecule has 0 aromatic rings. The summed E-state index contributed by atoms with van der Waals surface area (Å²) >= 11 is 0. The normalized spacial score (nSPS) is 25.6. The molecule has 0 aromatic carbocycles. The zero-order valence-electron chi connectivity index (χ0n) is 5.26. The van der Waals surface area contributed by atoms with Crippen LogP contribution in [0, 0.1) is 6.54 Å². The van der Waals surface area contributed by atoms with Crippen LogP contribution < -0.4 is 0 Å². The average molecular weight is 127 g/mol. The summed E-state index contributed by atoms with van der Waals surface area (Å²) in [6.07, 6.45) is 3.34. The van der Waals surface area contributed by atoms with E-state index in [-0.39, 0.29) is 6.04 Å². The Kier molecular flexibility index (Phi) is 2.03. The van der Waals surface area contributed by atoms with E-state index in [1.807, 2.05) is 6.92 Å². The van der Waals surface area contributed by atoms with Gasteiger partial charge in [-0.1, -0.05) is 6.92 Å². The molecule has 1 unspecified atom stereocenters. The third kappa shape index (κ3) is 1.40. The second-order valence-electron chi connectivity index (χ2n) is 1.83. The van der Waals surface area contributed by atoms with Crippen molar-refractivity contribution >= 4 is 6.34 Å². The molecule has 0 spiro atoms. The smallest absolute Gasteiger partial charge is 0.170 e. The summed E-state index contributed by atoms with van der Waals surface area (Å²) in [5.41, 5.74) is 0. The predicted molar refractivity (Wildman–Crippen MR) is 32.6 cm³/mol. The van der Waals surface area contributed by atoms with Gasteiger partial charge in [-0.25, -0.2) is 4.39 Å². The van der Waals surface area contributed by atoms with E-state index in [4.69, 9.17) is 0 Å². The minimum atomic E-state index is -0.569. The summed E-state index contributed by atoms with van der Waals surface area (Å²) in [5.74, 6) is 0. The van der Waals surface area contributed by atoms with Crippen LogP contribution in [0.4, 0.5) is 4.39 Å². The Morgan fingerprint density at radius 1 is 1.78 bits per heavy atom. The summed E-state index contributed by atoms with van der Waals surface area (Å²) in [5, 5.41) is 0. The fourth-order valence-corrected chi connectivity index (χ4v) is 0.621. The van der Waals surface area contributed by atoms with Gasteiger partial charge in [0.15, 0.2) is 13.1 Å². The molecule has 2 nitrogen and oxygen atoms in total. The maximum atomic E-state index is 11.7. The highest BCUT2D eigenvalue weighted by Gasteiger charge is 2.16. The Morgan fingerprint density at radius 2 is 2.56 bits per heavy atom. The highest BCUT2D eigenvalue weighted by atomic mass is 19.1. The molecule has 9 heavy (non-hydrogen) atoms. The molecular weight excluding hydrogens is 119 g/mol. The van der Waals surface area contributed by atoms with Gasteiger partial charge in [-0.2, -0.15) is 0 Å². The van der Waals surface area contributed by atoms with Gasteiger partial charge in [0.1, 0.15) is 6.54 Å². The topological polar surface area (TPSA) is 15.6 Å². The zero-order chi connectivity index (χ0) is 6.69. The molecule has 0 fully saturated rings. The molecule has 1 atom stereocenters. The minimum Gasteiger partial charge on any atom is -0.313 e. The van der Waals surface area contributed by atoms with Gasteiger partial charge in [-0.3, -0.25) is 4.99 Å². The van der Waals surface area contributed by atoms with E-state index < -0.39 is 6.80 Å². The van der Waals surface area contributed by atoms with Crippen LogP contribution in [-0.4, -0.2) is 24.1 Å². The first-order chi connectivity index (χ1) is 4.36. The van der Waals surface area contributed by atoms with E-state index in [0.717, 1.165) is 6.42 Å². The van der Waals surface area contributed by atoms with Crippen LogP contribution in [0.2, 0.25) is 0 Å². The van der Waals surface area contributed by atoms with Crippen LogP contribution >= 0.6 is 0 Å². The number of rotatable bonds is 2. The maximum Gasteiger partial charge on any atom is 0.170 e. The van der Waals surface area contributed by atoms with Crippen molar-refractivity contribution in [2.24, 2.45) is 4.99 Å². The molecule has 0 saturated heterocycles. The SMILES string of the molecule is CCC1[C]N(CF)[C]=N1. The van der Waals surface area contributed by atoms with Crippen LogP contribution in [0.5, 0.6) is 0 Å². The summed E-state index contributed by atoms with van der Waals surface area (Å²) in [6.45, 7) is 4.18. The van der Waals surface area contributed by atoms with Gasteiger partial charge in [0, 0.05) is 0 Å². The van der Waals surface area contributed by atoms with Gasteiger partial charge in [0.2, 0.25) is 0 Å². The molecule has 0 amide bonds. The number of hydrogen-bond acceptors (Lipinski definition) is 2. The highest BCUT2D eigenvalue weighted by molar-refractivity contribution is 5.59. The fraction of sp³-hybridized carbons (Fsp3) is 0.667. The molecule has 1 aliphatic rings. The Balaban J connectivity index is 2.31. The third-order valence-corrected chi connectivity index (χ3v) is 1.15. The lowest BCUT2D eigenvalue weighted by Gasteiger charge is -2.05. The second-order valence-corrected chi connectivity index (χ2v) is 1.83. The number of nitrogens with zero attached hydrogens (tertiary/aromatic N) is 2. The summed E-state index contributed by atoms with van der Waals surface area (Å²) in [6, 6.07) is 0.0285. The standard InChI is InChI=1S/C6H8FN2/c1-2-6-3-9(4-7)5-8-6/h6H,2,4H2,1H3. The lowest BCUT2D eigenvalue weighted by Crippen LogP contribution is -2.15. The molecular formula is C6H8FN2. The second kappa shape index (κ2) is 2.80. The quantitative estimate of drug-likeness (QED) is 0.504. The minimum absolute atomic E-state index is 0.0285.